The zero-order valence-corrected chi connectivity index (χ0v) is 12.5. The highest BCUT2D eigenvalue weighted by atomic mass is 19.4. The first-order chi connectivity index (χ1) is 9.40. The van der Waals surface area contributed by atoms with E-state index in [0.29, 0.717) is 13.5 Å². The van der Waals surface area contributed by atoms with E-state index in [0.717, 1.165) is 6.42 Å². The van der Waals surface area contributed by atoms with Crippen molar-refractivity contribution in [1.29, 1.82) is 0 Å². The molecule has 8 heteroatoms. The first kappa shape index (κ1) is 17.6. The number of alkyl halides is 3. The van der Waals surface area contributed by atoms with Crippen LogP contribution in [-0.2, 0) is 4.79 Å². The number of likely N-dealkylation sites (tertiary alicyclic amines) is 1. The molecule has 0 aliphatic carbocycles. The zero-order chi connectivity index (χ0) is 16.6. The molecule has 1 aliphatic rings. The Morgan fingerprint density at radius 2 is 1.76 bits per heavy atom. The van der Waals surface area contributed by atoms with E-state index in [-0.39, 0.29) is 17.9 Å². The van der Waals surface area contributed by atoms with Crippen LogP contribution >= 0.6 is 0 Å². The fraction of sp³-hybridized carbons (Fsp3) is 0.846. The summed E-state index contributed by atoms with van der Waals surface area (Å²) < 4.78 is 38.8. The van der Waals surface area contributed by atoms with Crippen LogP contribution in [0.15, 0.2) is 0 Å². The van der Waals surface area contributed by atoms with Crippen molar-refractivity contribution in [2.75, 3.05) is 6.54 Å². The molecule has 2 N–H and O–H groups in total. The van der Waals surface area contributed by atoms with Crippen molar-refractivity contribution >= 4 is 12.0 Å². The summed E-state index contributed by atoms with van der Waals surface area (Å²) in [5, 5.41) is 10.5. The highest BCUT2D eigenvalue weighted by Gasteiger charge is 2.59. The van der Waals surface area contributed by atoms with Crippen molar-refractivity contribution in [2.45, 2.75) is 51.9 Å². The van der Waals surface area contributed by atoms with Gasteiger partial charge in [0.2, 0.25) is 5.54 Å². The number of aliphatic carboxylic acids is 1. The van der Waals surface area contributed by atoms with Gasteiger partial charge < -0.3 is 15.3 Å². The van der Waals surface area contributed by atoms with Gasteiger partial charge in [-0.25, -0.2) is 9.59 Å². The molecule has 122 valence electrons. The number of carbonyl (C=O) groups is 2. The second kappa shape index (κ2) is 5.73. The Hall–Kier alpha value is -1.47. The molecule has 0 aromatic carbocycles. The van der Waals surface area contributed by atoms with E-state index in [1.54, 1.807) is 12.2 Å². The lowest BCUT2D eigenvalue weighted by molar-refractivity contribution is -0.203. The van der Waals surface area contributed by atoms with Crippen LogP contribution in [0.1, 0.15) is 34.1 Å². The number of amides is 2. The smallest absolute Gasteiger partial charge is 0.422 e. The van der Waals surface area contributed by atoms with Gasteiger partial charge in [0, 0.05) is 12.6 Å². The molecule has 21 heavy (non-hydrogen) atoms. The molecule has 1 fully saturated rings. The zero-order valence-electron chi connectivity index (χ0n) is 12.5. The van der Waals surface area contributed by atoms with Gasteiger partial charge in [-0.05, 0) is 32.1 Å². The maximum atomic E-state index is 12.9. The van der Waals surface area contributed by atoms with E-state index in [1.165, 1.54) is 4.90 Å². The Bertz CT molecular complexity index is 427. The number of piperidine rings is 1. The molecule has 0 bridgehead atoms. The summed E-state index contributed by atoms with van der Waals surface area (Å²) in [4.78, 5) is 24.3. The largest absolute Gasteiger partial charge is 0.479 e. The number of hydrogen-bond acceptors (Lipinski definition) is 2. The third-order valence-electron chi connectivity index (χ3n) is 4.21. The molecule has 1 heterocycles. The minimum Gasteiger partial charge on any atom is -0.479 e. The van der Waals surface area contributed by atoms with Gasteiger partial charge in [0.15, 0.2) is 0 Å². The topological polar surface area (TPSA) is 69.6 Å². The van der Waals surface area contributed by atoms with Gasteiger partial charge in [-0.15, -0.1) is 0 Å². The summed E-state index contributed by atoms with van der Waals surface area (Å²) in [5.41, 5.74) is -3.30. The molecule has 0 saturated carbocycles. The average Bonchev–Trinajstić information content (AvgIpc) is 2.31. The fourth-order valence-electron chi connectivity index (χ4n) is 2.51. The molecule has 4 atom stereocenters. The quantitative estimate of drug-likeness (QED) is 0.823. The van der Waals surface area contributed by atoms with Crippen molar-refractivity contribution in [3.05, 3.63) is 0 Å². The van der Waals surface area contributed by atoms with Crippen molar-refractivity contribution in [3.8, 4) is 0 Å². The van der Waals surface area contributed by atoms with Crippen LogP contribution in [0.3, 0.4) is 0 Å². The number of hydrogen-bond donors (Lipinski definition) is 2. The lowest BCUT2D eigenvalue weighted by Crippen LogP contribution is -2.65. The van der Waals surface area contributed by atoms with E-state index in [1.807, 2.05) is 13.8 Å². The predicted molar refractivity (Wildman–Crippen MR) is 69.7 cm³/mol. The van der Waals surface area contributed by atoms with E-state index in [4.69, 9.17) is 5.11 Å². The minimum atomic E-state index is -5.08. The van der Waals surface area contributed by atoms with Crippen LogP contribution in [-0.4, -0.2) is 46.3 Å². The molecule has 1 saturated heterocycles. The molecular formula is C13H21F3N2O3. The standard InChI is InChI=1S/C13H21F3N2O3/c1-7-5-8(2)9(3)18(6-7)11(21)17-12(4,10(19)20)13(14,15)16/h7-9H,5-6H2,1-4H3,(H,17,21)(H,19,20). The summed E-state index contributed by atoms with van der Waals surface area (Å²) >= 11 is 0. The highest BCUT2D eigenvalue weighted by Crippen LogP contribution is 2.32. The molecule has 0 spiro atoms. The summed E-state index contributed by atoms with van der Waals surface area (Å²) in [6.07, 6.45) is -4.20. The number of carboxylic acid groups (broad SMARTS) is 1. The maximum Gasteiger partial charge on any atom is 0.422 e. The molecule has 1 aliphatic heterocycles. The van der Waals surface area contributed by atoms with E-state index < -0.39 is 23.7 Å². The Kier molecular flexibility index (Phi) is 4.80. The summed E-state index contributed by atoms with van der Waals surface area (Å²) in [7, 11) is 0. The monoisotopic (exact) mass is 310 g/mol. The number of rotatable bonds is 2. The maximum absolute atomic E-state index is 12.9. The lowest BCUT2D eigenvalue weighted by atomic mass is 9.86. The van der Waals surface area contributed by atoms with E-state index in [2.05, 4.69) is 0 Å². The Labute approximate surface area is 121 Å². The van der Waals surface area contributed by atoms with Gasteiger partial charge in [0.1, 0.15) is 0 Å². The number of nitrogens with zero attached hydrogens (tertiary/aromatic N) is 1. The summed E-state index contributed by atoms with van der Waals surface area (Å²) in [6, 6.07) is -1.24. The normalized spacial score (nSPS) is 29.7. The number of urea groups is 1. The van der Waals surface area contributed by atoms with Crippen molar-refractivity contribution < 1.29 is 27.9 Å². The minimum absolute atomic E-state index is 0.140. The Morgan fingerprint density at radius 1 is 1.24 bits per heavy atom. The van der Waals surface area contributed by atoms with Crippen molar-refractivity contribution in [3.63, 3.8) is 0 Å². The van der Waals surface area contributed by atoms with Crippen LogP contribution in [0.25, 0.3) is 0 Å². The molecule has 5 nitrogen and oxygen atoms in total. The molecule has 0 radical (unpaired) electrons. The van der Waals surface area contributed by atoms with Gasteiger partial charge in [-0.2, -0.15) is 13.2 Å². The molecular weight excluding hydrogens is 289 g/mol. The van der Waals surface area contributed by atoms with Crippen LogP contribution in [0, 0.1) is 11.8 Å². The third-order valence-corrected chi connectivity index (χ3v) is 4.21. The number of nitrogens with one attached hydrogen (secondary N) is 1. The first-order valence-corrected chi connectivity index (χ1v) is 6.79. The van der Waals surface area contributed by atoms with Crippen LogP contribution in [0.4, 0.5) is 18.0 Å². The number of halogens is 3. The molecule has 0 aromatic rings. The Morgan fingerprint density at radius 3 is 2.19 bits per heavy atom. The number of carbonyl (C=O) groups excluding carboxylic acids is 1. The fourth-order valence-corrected chi connectivity index (χ4v) is 2.51. The van der Waals surface area contributed by atoms with E-state index in [9.17, 15) is 22.8 Å². The summed E-state index contributed by atoms with van der Waals surface area (Å²) in [6.45, 7) is 6.34. The molecule has 2 amide bonds. The molecule has 0 aromatic heterocycles. The highest BCUT2D eigenvalue weighted by molar-refractivity contribution is 5.87. The average molecular weight is 310 g/mol. The van der Waals surface area contributed by atoms with Gasteiger partial charge in [-0.1, -0.05) is 13.8 Å². The van der Waals surface area contributed by atoms with Gasteiger partial charge in [-0.3, -0.25) is 0 Å². The number of carboxylic acids is 1. The van der Waals surface area contributed by atoms with Crippen LogP contribution < -0.4 is 5.32 Å². The predicted octanol–water partition coefficient (Wildman–Crippen LogP) is 2.47. The first-order valence-electron chi connectivity index (χ1n) is 6.79. The molecule has 4 unspecified atom stereocenters. The SMILES string of the molecule is CC1CC(C)C(C)N(C(=O)NC(C)(C(=O)O)C(F)(F)F)C1. The van der Waals surface area contributed by atoms with Crippen molar-refractivity contribution in [2.24, 2.45) is 11.8 Å². The van der Waals surface area contributed by atoms with Gasteiger partial charge in [0.05, 0.1) is 0 Å². The van der Waals surface area contributed by atoms with Crippen LogP contribution in [0.5, 0.6) is 0 Å². The van der Waals surface area contributed by atoms with Gasteiger partial charge in [0.25, 0.3) is 0 Å². The lowest BCUT2D eigenvalue weighted by Gasteiger charge is -2.42. The molecule has 1 rings (SSSR count). The van der Waals surface area contributed by atoms with Crippen molar-refractivity contribution in [1.82, 2.24) is 10.2 Å². The second-order valence-corrected chi connectivity index (χ2v) is 6.07. The van der Waals surface area contributed by atoms with E-state index >= 15 is 0 Å². The van der Waals surface area contributed by atoms with Crippen LogP contribution in [0.2, 0.25) is 0 Å². The van der Waals surface area contributed by atoms with Gasteiger partial charge >= 0.3 is 18.2 Å². The second-order valence-electron chi connectivity index (χ2n) is 6.07. The Balaban J connectivity index is 2.95. The third kappa shape index (κ3) is 3.41. The summed E-state index contributed by atoms with van der Waals surface area (Å²) in [5.74, 6) is -1.83.